The number of aryl methyl sites for hydroxylation is 1. The highest BCUT2D eigenvalue weighted by molar-refractivity contribution is 5.75. The molecule has 0 aromatic heterocycles. The van der Waals surface area contributed by atoms with E-state index in [1.54, 1.807) is 0 Å². The minimum Gasteiger partial charge on any atom is -0.507 e. The van der Waals surface area contributed by atoms with Crippen LogP contribution >= 0.6 is 0 Å². The molecule has 5 heteroatoms. The van der Waals surface area contributed by atoms with E-state index in [4.69, 9.17) is 10.2 Å². The lowest BCUT2D eigenvalue weighted by Gasteiger charge is -2.10. The van der Waals surface area contributed by atoms with E-state index >= 15 is 0 Å². The third kappa shape index (κ3) is 1.67. The van der Waals surface area contributed by atoms with Crippen molar-refractivity contribution in [2.75, 3.05) is 0 Å². The predicted molar refractivity (Wildman–Crippen MR) is 45.4 cm³/mol. The van der Waals surface area contributed by atoms with E-state index in [1.807, 2.05) is 0 Å². The molecule has 0 aliphatic rings. The number of aliphatic hydroxyl groups excluding tert-OH is 1. The summed E-state index contributed by atoms with van der Waals surface area (Å²) in [5, 5.41) is 26.7. The summed E-state index contributed by atoms with van der Waals surface area (Å²) in [6.45, 7) is 1.41. The Morgan fingerprint density at radius 1 is 1.50 bits per heavy atom. The zero-order chi connectivity index (χ0) is 10.9. The van der Waals surface area contributed by atoms with Crippen LogP contribution in [0.3, 0.4) is 0 Å². The van der Waals surface area contributed by atoms with Crippen molar-refractivity contribution < 1.29 is 24.5 Å². The molecular formula is C9H9FO4. The quantitative estimate of drug-likeness (QED) is 0.664. The fourth-order valence-electron chi connectivity index (χ4n) is 1.08. The van der Waals surface area contributed by atoms with Crippen LogP contribution in [0.25, 0.3) is 0 Å². The Labute approximate surface area is 79.2 Å². The van der Waals surface area contributed by atoms with Gasteiger partial charge in [-0.1, -0.05) is 6.07 Å². The highest BCUT2D eigenvalue weighted by Crippen LogP contribution is 2.28. The van der Waals surface area contributed by atoms with Gasteiger partial charge in [0.15, 0.2) is 6.10 Å². The minimum atomic E-state index is -2.05. The summed E-state index contributed by atoms with van der Waals surface area (Å²) in [4.78, 5) is 10.4. The second-order valence-electron chi connectivity index (χ2n) is 2.87. The summed E-state index contributed by atoms with van der Waals surface area (Å²) in [5.74, 6) is -3.08. The lowest BCUT2D eigenvalue weighted by atomic mass is 10.0. The largest absolute Gasteiger partial charge is 0.507 e. The topological polar surface area (TPSA) is 77.8 Å². The lowest BCUT2D eigenvalue weighted by molar-refractivity contribution is -0.147. The number of halogens is 1. The minimum absolute atomic E-state index is 0.165. The molecule has 0 bridgehead atoms. The van der Waals surface area contributed by atoms with Gasteiger partial charge < -0.3 is 15.3 Å². The zero-order valence-electron chi connectivity index (χ0n) is 7.36. The van der Waals surface area contributed by atoms with Crippen molar-refractivity contribution >= 4 is 5.97 Å². The number of rotatable bonds is 2. The number of carboxylic acid groups (broad SMARTS) is 1. The van der Waals surface area contributed by atoms with E-state index in [9.17, 15) is 14.3 Å². The summed E-state index contributed by atoms with van der Waals surface area (Å²) in [6.07, 6.45) is -2.05. The van der Waals surface area contributed by atoms with Gasteiger partial charge in [-0.25, -0.2) is 9.18 Å². The summed E-state index contributed by atoms with van der Waals surface area (Å²) in [5.41, 5.74) is -0.435. The molecule has 14 heavy (non-hydrogen) atoms. The van der Waals surface area contributed by atoms with Gasteiger partial charge in [-0.05, 0) is 18.6 Å². The summed E-state index contributed by atoms with van der Waals surface area (Å²) in [7, 11) is 0. The molecule has 0 aliphatic heterocycles. The van der Waals surface area contributed by atoms with Crippen LogP contribution in [-0.4, -0.2) is 21.3 Å². The maximum atomic E-state index is 13.3. The summed E-state index contributed by atoms with van der Waals surface area (Å²) in [6, 6.07) is 2.43. The summed E-state index contributed by atoms with van der Waals surface area (Å²) >= 11 is 0. The number of hydrogen-bond donors (Lipinski definition) is 3. The van der Waals surface area contributed by atoms with Crippen molar-refractivity contribution in [1.29, 1.82) is 0 Å². The Morgan fingerprint density at radius 2 is 2.07 bits per heavy atom. The van der Waals surface area contributed by atoms with E-state index in [0.29, 0.717) is 0 Å². The Morgan fingerprint density at radius 3 is 2.57 bits per heavy atom. The lowest BCUT2D eigenvalue weighted by Crippen LogP contribution is -2.13. The van der Waals surface area contributed by atoms with E-state index in [1.165, 1.54) is 13.0 Å². The Balaban J connectivity index is 3.32. The van der Waals surface area contributed by atoms with Crippen LogP contribution in [0.1, 0.15) is 17.2 Å². The number of aliphatic carboxylic acids is 1. The van der Waals surface area contributed by atoms with Gasteiger partial charge in [-0.15, -0.1) is 0 Å². The molecule has 1 rings (SSSR count). The molecule has 0 spiro atoms. The van der Waals surface area contributed by atoms with Gasteiger partial charge in [-0.2, -0.15) is 0 Å². The SMILES string of the molecule is Cc1ccc(O)c(C(O)C(=O)O)c1F. The van der Waals surface area contributed by atoms with Crippen LogP contribution in [0, 0.1) is 12.7 Å². The first-order valence-electron chi connectivity index (χ1n) is 3.84. The molecular weight excluding hydrogens is 191 g/mol. The fraction of sp³-hybridized carbons (Fsp3) is 0.222. The number of aromatic hydroxyl groups is 1. The molecule has 0 fully saturated rings. The number of phenols is 1. The van der Waals surface area contributed by atoms with Crippen LogP contribution in [-0.2, 0) is 4.79 Å². The number of carboxylic acids is 1. The molecule has 0 saturated carbocycles. The van der Waals surface area contributed by atoms with Crippen LogP contribution in [0.2, 0.25) is 0 Å². The molecule has 1 unspecified atom stereocenters. The third-order valence-electron chi connectivity index (χ3n) is 1.86. The molecule has 76 valence electrons. The average molecular weight is 200 g/mol. The number of phenolic OH excluding ortho intramolecular Hbond substituents is 1. The monoisotopic (exact) mass is 200 g/mol. The molecule has 1 aromatic carbocycles. The number of hydrogen-bond acceptors (Lipinski definition) is 3. The molecule has 0 amide bonds. The van der Waals surface area contributed by atoms with Crippen molar-refractivity contribution in [3.8, 4) is 5.75 Å². The average Bonchev–Trinajstić information content (AvgIpc) is 2.12. The molecule has 1 atom stereocenters. The molecule has 0 saturated heterocycles. The van der Waals surface area contributed by atoms with E-state index in [0.717, 1.165) is 6.07 Å². The molecule has 3 N–H and O–H groups in total. The maximum absolute atomic E-state index is 13.3. The Hall–Kier alpha value is -1.62. The van der Waals surface area contributed by atoms with Crippen molar-refractivity contribution in [3.63, 3.8) is 0 Å². The van der Waals surface area contributed by atoms with Crippen molar-refractivity contribution in [1.82, 2.24) is 0 Å². The van der Waals surface area contributed by atoms with Gasteiger partial charge in [0, 0.05) is 0 Å². The first-order valence-corrected chi connectivity index (χ1v) is 3.84. The van der Waals surface area contributed by atoms with E-state index < -0.39 is 29.2 Å². The first-order chi connectivity index (χ1) is 6.45. The van der Waals surface area contributed by atoms with Crippen molar-refractivity contribution in [3.05, 3.63) is 29.1 Å². The fourth-order valence-corrected chi connectivity index (χ4v) is 1.08. The van der Waals surface area contributed by atoms with Crippen molar-refractivity contribution in [2.45, 2.75) is 13.0 Å². The molecule has 0 heterocycles. The predicted octanol–water partition coefficient (Wildman–Crippen LogP) is 0.958. The second-order valence-corrected chi connectivity index (χ2v) is 2.87. The van der Waals surface area contributed by atoms with Gasteiger partial charge in [0.1, 0.15) is 11.6 Å². The van der Waals surface area contributed by atoms with Crippen LogP contribution in [0.5, 0.6) is 5.75 Å². The molecule has 0 radical (unpaired) electrons. The smallest absolute Gasteiger partial charge is 0.337 e. The number of carbonyl (C=O) groups is 1. The van der Waals surface area contributed by atoms with Gasteiger partial charge >= 0.3 is 5.97 Å². The maximum Gasteiger partial charge on any atom is 0.337 e. The van der Waals surface area contributed by atoms with Crippen LogP contribution in [0.15, 0.2) is 12.1 Å². The van der Waals surface area contributed by atoms with E-state index in [2.05, 4.69) is 0 Å². The number of aliphatic hydroxyl groups is 1. The second kappa shape index (κ2) is 3.63. The Kier molecular flexibility index (Phi) is 2.71. The van der Waals surface area contributed by atoms with Crippen LogP contribution in [0.4, 0.5) is 4.39 Å². The van der Waals surface area contributed by atoms with E-state index in [-0.39, 0.29) is 5.56 Å². The van der Waals surface area contributed by atoms with Gasteiger partial charge in [0.2, 0.25) is 0 Å². The summed E-state index contributed by atoms with van der Waals surface area (Å²) < 4.78 is 13.3. The molecule has 4 nitrogen and oxygen atoms in total. The standard InChI is InChI=1S/C9H9FO4/c1-4-2-3-5(11)6(7(4)10)8(12)9(13)14/h2-3,8,11-12H,1H3,(H,13,14). The zero-order valence-corrected chi connectivity index (χ0v) is 7.36. The third-order valence-corrected chi connectivity index (χ3v) is 1.86. The van der Waals surface area contributed by atoms with Gasteiger partial charge in [0.25, 0.3) is 0 Å². The van der Waals surface area contributed by atoms with Gasteiger partial charge in [-0.3, -0.25) is 0 Å². The number of benzene rings is 1. The highest BCUT2D eigenvalue weighted by atomic mass is 19.1. The van der Waals surface area contributed by atoms with Crippen LogP contribution < -0.4 is 0 Å². The Bertz CT molecular complexity index is 375. The molecule has 1 aromatic rings. The van der Waals surface area contributed by atoms with Gasteiger partial charge in [0.05, 0.1) is 5.56 Å². The normalized spacial score (nSPS) is 12.5. The highest BCUT2D eigenvalue weighted by Gasteiger charge is 2.24. The van der Waals surface area contributed by atoms with Crippen molar-refractivity contribution in [2.24, 2.45) is 0 Å². The molecule has 0 aliphatic carbocycles. The first kappa shape index (κ1) is 10.5.